The first-order valence-corrected chi connectivity index (χ1v) is 7.60. The minimum absolute atomic E-state index is 0.168. The molecule has 4 heteroatoms. The highest BCUT2D eigenvalue weighted by molar-refractivity contribution is 9.10. The molecule has 19 heavy (non-hydrogen) atoms. The Kier molecular flexibility index (Phi) is 4.50. The summed E-state index contributed by atoms with van der Waals surface area (Å²) >= 11 is 3.56. The van der Waals surface area contributed by atoms with Gasteiger partial charge >= 0.3 is 0 Å². The zero-order chi connectivity index (χ0) is 14.0. The summed E-state index contributed by atoms with van der Waals surface area (Å²) in [7, 11) is 0. The molecular weight excluding hydrogens is 304 g/mol. The standard InChI is InChI=1S/C15H21BrN2O/c1-10-8-13(9-11(2)14(10)16)17-12(3)15(19)18-6-4-5-7-18/h8-9,12,17H,4-7H2,1-3H3. The number of nitrogens with one attached hydrogen (secondary N) is 1. The highest BCUT2D eigenvalue weighted by Crippen LogP contribution is 2.25. The average molecular weight is 325 g/mol. The minimum atomic E-state index is -0.168. The predicted octanol–water partition coefficient (Wildman–Crippen LogP) is 3.49. The molecule has 104 valence electrons. The van der Waals surface area contributed by atoms with Gasteiger partial charge in [-0.15, -0.1) is 0 Å². The maximum atomic E-state index is 12.2. The normalized spacial score (nSPS) is 16.5. The number of halogens is 1. The fraction of sp³-hybridized carbons (Fsp3) is 0.533. The van der Waals surface area contributed by atoms with Crippen LogP contribution in [0.15, 0.2) is 16.6 Å². The Morgan fingerprint density at radius 1 is 1.26 bits per heavy atom. The van der Waals surface area contributed by atoms with Crippen LogP contribution in [0.1, 0.15) is 30.9 Å². The highest BCUT2D eigenvalue weighted by Gasteiger charge is 2.23. The van der Waals surface area contributed by atoms with Crippen LogP contribution in [0.4, 0.5) is 5.69 Å². The number of carbonyl (C=O) groups excluding carboxylic acids is 1. The fourth-order valence-corrected chi connectivity index (χ4v) is 2.78. The van der Waals surface area contributed by atoms with Crippen molar-refractivity contribution in [3.8, 4) is 0 Å². The number of anilines is 1. The molecule has 1 unspecified atom stereocenters. The van der Waals surface area contributed by atoms with Crippen molar-refractivity contribution in [2.45, 2.75) is 39.7 Å². The highest BCUT2D eigenvalue weighted by atomic mass is 79.9. The topological polar surface area (TPSA) is 32.3 Å². The predicted molar refractivity (Wildman–Crippen MR) is 82.5 cm³/mol. The number of aryl methyl sites for hydroxylation is 2. The summed E-state index contributed by atoms with van der Waals surface area (Å²) in [4.78, 5) is 14.2. The molecule has 1 saturated heterocycles. The minimum Gasteiger partial charge on any atom is -0.374 e. The Balaban J connectivity index is 2.06. The SMILES string of the molecule is Cc1cc(NC(C)C(=O)N2CCCC2)cc(C)c1Br. The molecule has 1 aromatic rings. The van der Waals surface area contributed by atoms with Gasteiger partial charge in [-0.2, -0.15) is 0 Å². The van der Waals surface area contributed by atoms with Crippen molar-refractivity contribution in [2.75, 3.05) is 18.4 Å². The molecular formula is C15H21BrN2O. The van der Waals surface area contributed by atoms with Crippen LogP contribution in [0.5, 0.6) is 0 Å². The van der Waals surface area contributed by atoms with Crippen molar-refractivity contribution in [1.29, 1.82) is 0 Å². The molecule has 0 aliphatic carbocycles. The molecule has 2 rings (SSSR count). The lowest BCUT2D eigenvalue weighted by Gasteiger charge is -2.22. The molecule has 1 N–H and O–H groups in total. The molecule has 0 aromatic heterocycles. The largest absolute Gasteiger partial charge is 0.374 e. The zero-order valence-corrected chi connectivity index (χ0v) is 13.4. The molecule has 1 amide bonds. The monoisotopic (exact) mass is 324 g/mol. The summed E-state index contributed by atoms with van der Waals surface area (Å²) in [5.74, 6) is 0.204. The number of nitrogens with zero attached hydrogens (tertiary/aromatic N) is 1. The van der Waals surface area contributed by atoms with Crippen molar-refractivity contribution >= 4 is 27.5 Å². The van der Waals surface area contributed by atoms with Gasteiger partial charge in [-0.05, 0) is 56.9 Å². The van der Waals surface area contributed by atoms with Gasteiger partial charge in [0.15, 0.2) is 0 Å². The molecule has 3 nitrogen and oxygen atoms in total. The summed E-state index contributed by atoms with van der Waals surface area (Å²) in [5, 5.41) is 3.32. The van der Waals surface area contributed by atoms with E-state index in [1.807, 2.05) is 11.8 Å². The molecule has 1 aliphatic rings. The van der Waals surface area contributed by atoms with Gasteiger partial charge < -0.3 is 10.2 Å². The third-order valence-electron chi connectivity index (χ3n) is 3.61. The second kappa shape index (κ2) is 5.95. The van der Waals surface area contributed by atoms with E-state index in [1.165, 1.54) is 11.1 Å². The number of hydrogen-bond acceptors (Lipinski definition) is 2. The van der Waals surface area contributed by atoms with Crippen molar-refractivity contribution in [3.63, 3.8) is 0 Å². The number of benzene rings is 1. The smallest absolute Gasteiger partial charge is 0.244 e. The number of carbonyl (C=O) groups is 1. The van der Waals surface area contributed by atoms with Crippen LogP contribution < -0.4 is 5.32 Å². The Hall–Kier alpha value is -1.03. The van der Waals surface area contributed by atoms with E-state index >= 15 is 0 Å². The molecule has 0 bridgehead atoms. The van der Waals surface area contributed by atoms with E-state index in [0.29, 0.717) is 0 Å². The van der Waals surface area contributed by atoms with Gasteiger partial charge in [0.1, 0.15) is 6.04 Å². The first kappa shape index (κ1) is 14.4. The van der Waals surface area contributed by atoms with Crippen LogP contribution in [-0.4, -0.2) is 29.9 Å². The van der Waals surface area contributed by atoms with Crippen LogP contribution in [0.2, 0.25) is 0 Å². The van der Waals surface area contributed by atoms with Gasteiger partial charge in [0.2, 0.25) is 5.91 Å². The lowest BCUT2D eigenvalue weighted by atomic mass is 10.1. The number of hydrogen-bond donors (Lipinski definition) is 1. The first-order chi connectivity index (χ1) is 8.99. The lowest BCUT2D eigenvalue weighted by Crippen LogP contribution is -2.39. The van der Waals surface area contributed by atoms with E-state index in [2.05, 4.69) is 47.2 Å². The molecule has 1 fully saturated rings. The summed E-state index contributed by atoms with van der Waals surface area (Å²) in [5.41, 5.74) is 3.38. The lowest BCUT2D eigenvalue weighted by molar-refractivity contribution is -0.130. The summed E-state index contributed by atoms with van der Waals surface area (Å²) < 4.78 is 1.14. The summed E-state index contributed by atoms with van der Waals surface area (Å²) in [6.45, 7) is 7.88. The summed E-state index contributed by atoms with van der Waals surface area (Å²) in [6.07, 6.45) is 2.27. The number of amides is 1. The average Bonchev–Trinajstić information content (AvgIpc) is 2.88. The molecule has 1 heterocycles. The maximum absolute atomic E-state index is 12.2. The quantitative estimate of drug-likeness (QED) is 0.923. The first-order valence-electron chi connectivity index (χ1n) is 6.81. The van der Waals surface area contributed by atoms with E-state index in [4.69, 9.17) is 0 Å². The number of likely N-dealkylation sites (tertiary alicyclic amines) is 1. The van der Waals surface area contributed by atoms with Crippen LogP contribution in [0, 0.1) is 13.8 Å². The molecule has 0 saturated carbocycles. The number of rotatable bonds is 3. The van der Waals surface area contributed by atoms with Gasteiger partial charge in [-0.1, -0.05) is 15.9 Å². The molecule has 0 radical (unpaired) electrons. The Morgan fingerprint density at radius 3 is 2.32 bits per heavy atom. The summed E-state index contributed by atoms with van der Waals surface area (Å²) in [6, 6.07) is 3.98. The van der Waals surface area contributed by atoms with E-state index in [-0.39, 0.29) is 11.9 Å². The third-order valence-corrected chi connectivity index (χ3v) is 4.86. The van der Waals surface area contributed by atoms with E-state index in [1.54, 1.807) is 0 Å². The fourth-order valence-electron chi connectivity index (χ4n) is 2.55. The van der Waals surface area contributed by atoms with Gasteiger partial charge in [-0.3, -0.25) is 4.79 Å². The van der Waals surface area contributed by atoms with Crippen LogP contribution >= 0.6 is 15.9 Å². The van der Waals surface area contributed by atoms with E-state index < -0.39 is 0 Å². The van der Waals surface area contributed by atoms with Gasteiger partial charge in [-0.25, -0.2) is 0 Å². The van der Waals surface area contributed by atoms with Crippen molar-refractivity contribution < 1.29 is 4.79 Å². The second-order valence-corrected chi connectivity index (χ2v) is 6.12. The Bertz CT molecular complexity index is 458. The van der Waals surface area contributed by atoms with Gasteiger partial charge in [0.05, 0.1) is 0 Å². The van der Waals surface area contributed by atoms with E-state index in [9.17, 15) is 4.79 Å². The Labute approximate surface area is 123 Å². The van der Waals surface area contributed by atoms with Crippen LogP contribution in [0.25, 0.3) is 0 Å². The second-order valence-electron chi connectivity index (χ2n) is 5.32. The molecule has 0 spiro atoms. The van der Waals surface area contributed by atoms with Crippen LogP contribution in [0.3, 0.4) is 0 Å². The van der Waals surface area contributed by atoms with E-state index in [0.717, 1.165) is 36.1 Å². The van der Waals surface area contributed by atoms with Gasteiger partial charge in [0.25, 0.3) is 0 Å². The molecule has 1 aliphatic heterocycles. The van der Waals surface area contributed by atoms with Crippen molar-refractivity contribution in [1.82, 2.24) is 4.90 Å². The van der Waals surface area contributed by atoms with Crippen LogP contribution in [-0.2, 0) is 4.79 Å². The molecule has 1 atom stereocenters. The zero-order valence-electron chi connectivity index (χ0n) is 11.8. The van der Waals surface area contributed by atoms with Gasteiger partial charge in [0, 0.05) is 23.2 Å². The van der Waals surface area contributed by atoms with Crippen molar-refractivity contribution in [3.05, 3.63) is 27.7 Å². The maximum Gasteiger partial charge on any atom is 0.244 e. The third kappa shape index (κ3) is 3.30. The van der Waals surface area contributed by atoms with Crippen molar-refractivity contribution in [2.24, 2.45) is 0 Å². The Morgan fingerprint density at radius 2 is 1.79 bits per heavy atom. The molecule has 1 aromatic carbocycles.